The van der Waals surface area contributed by atoms with Crippen LogP contribution in [0.3, 0.4) is 0 Å². The molecule has 3 aromatic carbocycles. The Kier molecular flexibility index (Phi) is 9.87. The number of fused-ring (bicyclic) bond motifs is 2. The third-order valence-electron chi connectivity index (χ3n) is 6.75. The van der Waals surface area contributed by atoms with Gasteiger partial charge in [-0.15, -0.1) is 0 Å². The average Bonchev–Trinajstić information content (AvgIpc) is 2.97. The molecule has 10 nitrogen and oxygen atoms in total. The third-order valence-corrected chi connectivity index (χ3v) is 6.75. The molecule has 4 rings (SSSR count). The normalized spacial score (nSPS) is 17.7. The van der Waals surface area contributed by atoms with Crippen LogP contribution in [-0.4, -0.2) is 78.6 Å². The summed E-state index contributed by atoms with van der Waals surface area (Å²) in [5.41, 5.74) is 2.48. The fourth-order valence-corrected chi connectivity index (χ4v) is 4.47. The van der Waals surface area contributed by atoms with Crippen LogP contribution in [0.15, 0.2) is 66.7 Å². The minimum absolute atomic E-state index is 0.0425. The summed E-state index contributed by atoms with van der Waals surface area (Å²) in [4.78, 5) is 53.5. The van der Waals surface area contributed by atoms with Gasteiger partial charge >= 0.3 is 0 Å². The van der Waals surface area contributed by atoms with Crippen LogP contribution < -0.4 is 20.7 Å². The molecule has 1 heterocycles. The number of carbonyl (C=O) groups is 4. The van der Waals surface area contributed by atoms with Gasteiger partial charge in [0, 0.05) is 24.2 Å². The summed E-state index contributed by atoms with van der Waals surface area (Å²) >= 11 is 0. The number of amides is 4. The molecule has 0 spiro atoms. The summed E-state index contributed by atoms with van der Waals surface area (Å²) in [5, 5.41) is 18.1. The predicted molar refractivity (Wildman–Crippen MR) is 153 cm³/mol. The van der Waals surface area contributed by atoms with Crippen LogP contribution in [0.5, 0.6) is 5.75 Å². The average molecular weight is 577 g/mol. The second-order valence-electron chi connectivity index (χ2n) is 9.98. The SMILES string of the molecule is Cc1ccc2cc1OCCNC(=O)CN(C(=O)c1cccc(-c3cccc(F)c3)c1)CCNC(=O)[C@H]([C@@H](C)O)NC2=O. The predicted octanol–water partition coefficient (Wildman–Crippen LogP) is 2.05. The maximum Gasteiger partial charge on any atom is 0.254 e. The molecular formula is C31H33FN4O6. The summed E-state index contributed by atoms with van der Waals surface area (Å²) in [6.07, 6.45) is -1.22. The van der Waals surface area contributed by atoms with Gasteiger partial charge in [-0.3, -0.25) is 19.2 Å². The summed E-state index contributed by atoms with van der Waals surface area (Å²) in [5.74, 6) is -2.13. The van der Waals surface area contributed by atoms with Crippen molar-refractivity contribution in [3.8, 4) is 16.9 Å². The molecule has 2 atom stereocenters. The van der Waals surface area contributed by atoms with Crippen LogP contribution in [0.4, 0.5) is 4.39 Å². The van der Waals surface area contributed by atoms with Gasteiger partial charge in [0.25, 0.3) is 11.8 Å². The number of hydrogen-bond acceptors (Lipinski definition) is 6. The van der Waals surface area contributed by atoms with Crippen molar-refractivity contribution in [2.75, 3.05) is 32.8 Å². The van der Waals surface area contributed by atoms with Gasteiger partial charge < -0.3 is 30.7 Å². The first-order chi connectivity index (χ1) is 20.1. The largest absolute Gasteiger partial charge is 0.491 e. The van der Waals surface area contributed by atoms with Gasteiger partial charge in [-0.05, 0) is 66.9 Å². The lowest BCUT2D eigenvalue weighted by Crippen LogP contribution is -2.53. The number of hydrogen-bond donors (Lipinski definition) is 4. The Hall–Kier alpha value is -4.77. The number of benzene rings is 3. The van der Waals surface area contributed by atoms with Crippen LogP contribution in [0.2, 0.25) is 0 Å². The Morgan fingerprint density at radius 2 is 1.71 bits per heavy atom. The Labute approximate surface area is 242 Å². The quantitative estimate of drug-likeness (QED) is 0.377. The number of rotatable bonds is 3. The van der Waals surface area contributed by atoms with Crippen molar-refractivity contribution in [1.29, 1.82) is 0 Å². The zero-order chi connectivity index (χ0) is 30.2. The highest BCUT2D eigenvalue weighted by Crippen LogP contribution is 2.22. The fraction of sp³-hybridized carbons (Fsp3) is 0.290. The molecule has 11 heteroatoms. The molecule has 4 N–H and O–H groups in total. The Balaban J connectivity index is 1.56. The first kappa shape index (κ1) is 30.2. The lowest BCUT2D eigenvalue weighted by atomic mass is 10.0. The van der Waals surface area contributed by atoms with Crippen molar-refractivity contribution in [3.63, 3.8) is 0 Å². The summed E-state index contributed by atoms with van der Waals surface area (Å²) < 4.78 is 19.6. The minimum atomic E-state index is -1.27. The van der Waals surface area contributed by atoms with Gasteiger partial charge in [0.1, 0.15) is 24.2 Å². The lowest BCUT2D eigenvalue weighted by Gasteiger charge is -2.24. The highest BCUT2D eigenvalue weighted by molar-refractivity contribution is 5.99. The number of nitrogens with one attached hydrogen (secondary N) is 3. The van der Waals surface area contributed by atoms with E-state index in [-0.39, 0.29) is 43.9 Å². The summed E-state index contributed by atoms with van der Waals surface area (Å²) in [6, 6.07) is 16.1. The second kappa shape index (κ2) is 13.7. The molecule has 0 saturated carbocycles. The maximum atomic E-state index is 13.8. The molecule has 3 aromatic rings. The van der Waals surface area contributed by atoms with Gasteiger partial charge in [0.2, 0.25) is 11.8 Å². The fourth-order valence-electron chi connectivity index (χ4n) is 4.47. The summed E-state index contributed by atoms with van der Waals surface area (Å²) in [6.45, 7) is 3.03. The molecular weight excluding hydrogens is 543 g/mol. The molecule has 0 aliphatic carbocycles. The molecule has 220 valence electrons. The number of carbonyl (C=O) groups excluding carboxylic acids is 4. The van der Waals surface area contributed by atoms with E-state index in [9.17, 15) is 28.7 Å². The number of ether oxygens (including phenoxy) is 1. The molecule has 0 fully saturated rings. The van der Waals surface area contributed by atoms with Gasteiger partial charge in [-0.25, -0.2) is 4.39 Å². The van der Waals surface area contributed by atoms with Crippen LogP contribution >= 0.6 is 0 Å². The van der Waals surface area contributed by atoms with Crippen molar-refractivity contribution in [2.24, 2.45) is 0 Å². The van der Waals surface area contributed by atoms with Crippen LogP contribution in [0.1, 0.15) is 33.2 Å². The highest BCUT2D eigenvalue weighted by Gasteiger charge is 2.27. The zero-order valence-electron chi connectivity index (χ0n) is 23.4. The van der Waals surface area contributed by atoms with Crippen LogP contribution in [0.25, 0.3) is 11.1 Å². The lowest BCUT2D eigenvalue weighted by molar-refractivity contribution is -0.125. The molecule has 0 radical (unpaired) electrons. The van der Waals surface area contributed by atoms with Crippen LogP contribution in [0, 0.1) is 12.7 Å². The minimum Gasteiger partial charge on any atom is -0.491 e. The summed E-state index contributed by atoms with van der Waals surface area (Å²) in [7, 11) is 0. The number of halogens is 1. The third kappa shape index (κ3) is 7.70. The van der Waals surface area contributed by atoms with E-state index < -0.39 is 41.6 Å². The molecule has 42 heavy (non-hydrogen) atoms. The first-order valence-electron chi connectivity index (χ1n) is 13.5. The van der Waals surface area contributed by atoms with Gasteiger partial charge in [-0.1, -0.05) is 30.3 Å². The van der Waals surface area contributed by atoms with E-state index in [2.05, 4.69) is 16.0 Å². The molecule has 0 unspecified atom stereocenters. The zero-order valence-corrected chi connectivity index (χ0v) is 23.4. The second-order valence-corrected chi connectivity index (χ2v) is 9.98. The standard InChI is InChI=1S/C31H33FN4O6/c1-19-9-10-23-17-26(19)42-14-12-33-27(38)18-36(13-11-34-30(40)28(20(2)37)35-29(23)39)31(41)24-7-3-5-21(15-24)22-6-4-8-25(32)16-22/h3-10,15-17,20,28,37H,11-14,18H2,1-2H3,(H,33,38)(H,34,40)(H,35,39)/t20-,28+/m1/s1. The Bertz CT molecular complexity index is 1480. The molecule has 0 saturated heterocycles. The van der Waals surface area contributed by atoms with Gasteiger partial charge in [0.05, 0.1) is 19.2 Å². The monoisotopic (exact) mass is 576 g/mol. The van der Waals surface area contributed by atoms with Gasteiger partial charge in [0.15, 0.2) is 0 Å². The van der Waals surface area contributed by atoms with E-state index in [1.807, 2.05) is 0 Å². The van der Waals surface area contributed by atoms with E-state index in [1.165, 1.54) is 30.0 Å². The molecule has 4 amide bonds. The Morgan fingerprint density at radius 3 is 2.45 bits per heavy atom. The number of aliphatic hydroxyl groups excluding tert-OH is 1. The van der Waals surface area contributed by atoms with Gasteiger partial charge in [-0.2, -0.15) is 0 Å². The molecule has 0 aromatic heterocycles. The van der Waals surface area contributed by atoms with E-state index in [4.69, 9.17) is 4.74 Å². The number of nitrogens with zero attached hydrogens (tertiary/aromatic N) is 1. The van der Waals surface area contributed by atoms with Crippen molar-refractivity contribution >= 4 is 23.6 Å². The number of aliphatic hydroxyl groups is 1. The Morgan fingerprint density at radius 1 is 0.976 bits per heavy atom. The van der Waals surface area contributed by atoms with E-state index in [0.717, 1.165) is 5.56 Å². The van der Waals surface area contributed by atoms with Crippen molar-refractivity contribution < 1.29 is 33.4 Å². The van der Waals surface area contributed by atoms with Crippen LogP contribution in [-0.2, 0) is 9.59 Å². The van der Waals surface area contributed by atoms with Crippen molar-refractivity contribution in [2.45, 2.75) is 26.0 Å². The number of aryl methyl sites for hydroxylation is 1. The van der Waals surface area contributed by atoms with E-state index in [1.54, 1.807) is 55.5 Å². The molecule has 1 aliphatic rings. The van der Waals surface area contributed by atoms with E-state index >= 15 is 0 Å². The van der Waals surface area contributed by atoms with Crippen molar-refractivity contribution in [3.05, 3.63) is 89.2 Å². The molecule has 1 aliphatic heterocycles. The van der Waals surface area contributed by atoms with E-state index in [0.29, 0.717) is 16.9 Å². The van der Waals surface area contributed by atoms with Crippen molar-refractivity contribution in [1.82, 2.24) is 20.9 Å². The first-order valence-corrected chi connectivity index (χ1v) is 13.5. The topological polar surface area (TPSA) is 137 Å². The highest BCUT2D eigenvalue weighted by atomic mass is 19.1. The molecule has 2 bridgehead atoms. The maximum absolute atomic E-state index is 13.8. The smallest absolute Gasteiger partial charge is 0.254 e.